The van der Waals surface area contributed by atoms with Gasteiger partial charge in [-0.15, -0.1) is 0 Å². The SMILES string of the molecule is CCCC[B-]c1c(C)cc(C)cc1C. The summed E-state index contributed by atoms with van der Waals surface area (Å²) < 4.78 is 0. The molecule has 1 heteroatoms. The molecule has 0 aliphatic rings. The highest BCUT2D eigenvalue weighted by Gasteiger charge is 1.93. The van der Waals surface area contributed by atoms with Crippen LogP contribution in [0.4, 0.5) is 0 Å². The molecular formula is C13H20B-. The van der Waals surface area contributed by atoms with Gasteiger partial charge in [0.2, 0.25) is 0 Å². The third kappa shape index (κ3) is 2.90. The van der Waals surface area contributed by atoms with Crippen LogP contribution in [0.15, 0.2) is 12.1 Å². The maximum Gasteiger partial charge on any atom is -0.0398 e. The lowest BCUT2D eigenvalue weighted by Crippen LogP contribution is -2.20. The first-order valence-electron chi connectivity index (χ1n) is 5.56. The molecule has 0 nitrogen and oxygen atoms in total. The monoisotopic (exact) mass is 187 g/mol. The van der Waals surface area contributed by atoms with E-state index in [0.29, 0.717) is 0 Å². The Morgan fingerprint density at radius 1 is 1.07 bits per heavy atom. The Balaban J connectivity index is 2.75. The van der Waals surface area contributed by atoms with Crippen LogP contribution >= 0.6 is 0 Å². The second-order valence-electron chi connectivity index (χ2n) is 4.16. The molecule has 0 saturated carbocycles. The molecule has 0 fully saturated rings. The van der Waals surface area contributed by atoms with Crippen molar-refractivity contribution in [2.75, 3.05) is 0 Å². The fraction of sp³-hybridized carbons (Fsp3) is 0.538. The first kappa shape index (κ1) is 11.4. The lowest BCUT2D eigenvalue weighted by atomic mass is 9.63. The summed E-state index contributed by atoms with van der Waals surface area (Å²) in [5.74, 6) is 0. The third-order valence-corrected chi connectivity index (χ3v) is 2.64. The van der Waals surface area contributed by atoms with Crippen molar-refractivity contribution in [2.45, 2.75) is 46.9 Å². The first-order valence-corrected chi connectivity index (χ1v) is 5.56. The van der Waals surface area contributed by atoms with Crippen LogP contribution in [0.3, 0.4) is 0 Å². The zero-order chi connectivity index (χ0) is 10.6. The molecule has 0 N–H and O–H groups in total. The van der Waals surface area contributed by atoms with E-state index in [4.69, 9.17) is 0 Å². The molecule has 0 aliphatic heterocycles. The zero-order valence-corrected chi connectivity index (χ0v) is 9.85. The van der Waals surface area contributed by atoms with Gasteiger partial charge in [-0.2, -0.15) is 0 Å². The largest absolute Gasteiger partial charge is 0.296 e. The van der Waals surface area contributed by atoms with Crippen molar-refractivity contribution in [1.82, 2.24) is 0 Å². The van der Waals surface area contributed by atoms with E-state index >= 15 is 0 Å². The third-order valence-electron chi connectivity index (χ3n) is 2.64. The van der Waals surface area contributed by atoms with Gasteiger partial charge in [-0.05, 0) is 20.8 Å². The Morgan fingerprint density at radius 2 is 1.64 bits per heavy atom. The summed E-state index contributed by atoms with van der Waals surface area (Å²) in [6.07, 6.45) is 3.79. The van der Waals surface area contributed by atoms with E-state index in [9.17, 15) is 0 Å². The van der Waals surface area contributed by atoms with Gasteiger partial charge in [0.25, 0.3) is 0 Å². The Labute approximate surface area is 89.0 Å². The van der Waals surface area contributed by atoms with Gasteiger partial charge in [0.05, 0.1) is 0 Å². The van der Waals surface area contributed by atoms with Gasteiger partial charge in [0.1, 0.15) is 0 Å². The maximum atomic E-state index is 2.38. The molecule has 14 heavy (non-hydrogen) atoms. The van der Waals surface area contributed by atoms with E-state index in [-0.39, 0.29) is 0 Å². The minimum absolute atomic E-state index is 1.21. The molecule has 0 amide bonds. The van der Waals surface area contributed by atoms with Crippen molar-refractivity contribution in [1.29, 1.82) is 0 Å². The second-order valence-corrected chi connectivity index (χ2v) is 4.16. The lowest BCUT2D eigenvalue weighted by Gasteiger charge is -2.23. The van der Waals surface area contributed by atoms with E-state index < -0.39 is 0 Å². The molecule has 0 atom stereocenters. The van der Waals surface area contributed by atoms with Gasteiger partial charge in [-0.25, -0.2) is 6.32 Å². The normalized spacial score (nSPS) is 10.6. The van der Waals surface area contributed by atoms with Crippen LogP contribution < -0.4 is 5.46 Å². The summed E-state index contributed by atoms with van der Waals surface area (Å²) in [5, 5.41) is 0. The molecule has 0 saturated heterocycles. The Bertz CT molecular complexity index is 279. The minimum atomic E-state index is 1.21. The van der Waals surface area contributed by atoms with Gasteiger partial charge in [0.15, 0.2) is 0 Å². The molecule has 1 rings (SSSR count). The molecule has 1 aromatic carbocycles. The number of hydrogen-bond donors (Lipinski definition) is 0. The summed E-state index contributed by atoms with van der Waals surface area (Å²) in [4.78, 5) is 0. The first-order chi connectivity index (χ1) is 6.65. The quantitative estimate of drug-likeness (QED) is 0.501. The number of aryl methyl sites for hydroxylation is 3. The molecular weight excluding hydrogens is 167 g/mol. The molecule has 1 aromatic rings. The van der Waals surface area contributed by atoms with Crippen molar-refractivity contribution in [3.05, 3.63) is 28.8 Å². The molecule has 0 aromatic heterocycles. The van der Waals surface area contributed by atoms with Crippen molar-refractivity contribution in [2.24, 2.45) is 0 Å². The number of benzene rings is 1. The van der Waals surface area contributed by atoms with E-state index in [1.807, 2.05) is 0 Å². The van der Waals surface area contributed by atoms with E-state index in [2.05, 4.69) is 47.1 Å². The highest BCUT2D eigenvalue weighted by Crippen LogP contribution is 2.06. The van der Waals surface area contributed by atoms with E-state index in [1.54, 1.807) is 0 Å². The smallest absolute Gasteiger partial charge is 0.0398 e. The fourth-order valence-corrected chi connectivity index (χ4v) is 1.96. The number of unbranched alkanes of at least 4 members (excludes halogenated alkanes) is 1. The second kappa shape index (κ2) is 5.24. The van der Waals surface area contributed by atoms with Gasteiger partial charge < -0.3 is 0 Å². The Morgan fingerprint density at radius 3 is 2.14 bits per heavy atom. The van der Waals surface area contributed by atoms with Crippen molar-refractivity contribution in [3.8, 4) is 0 Å². The minimum Gasteiger partial charge on any atom is -0.296 e. The van der Waals surface area contributed by atoms with Crippen LogP contribution in [0.5, 0.6) is 0 Å². The summed E-state index contributed by atoms with van der Waals surface area (Å²) >= 11 is 0. The van der Waals surface area contributed by atoms with Gasteiger partial charge >= 0.3 is 0 Å². The van der Waals surface area contributed by atoms with Crippen LogP contribution in [0.25, 0.3) is 0 Å². The topological polar surface area (TPSA) is 0 Å². The Kier molecular flexibility index (Phi) is 4.25. The molecule has 2 radical (unpaired) electrons. The van der Waals surface area contributed by atoms with Crippen LogP contribution in [0, 0.1) is 20.8 Å². The van der Waals surface area contributed by atoms with Gasteiger partial charge in [0, 0.05) is 0 Å². The molecule has 0 heterocycles. The standard InChI is InChI=1S/C13H20B/c1-5-6-7-14-13-11(3)8-10(2)9-12(13)4/h8-9H,5-7H2,1-4H3/q-1. The average Bonchev–Trinajstić information content (AvgIpc) is 2.09. The van der Waals surface area contributed by atoms with Crippen LogP contribution in [-0.2, 0) is 0 Å². The summed E-state index contributed by atoms with van der Waals surface area (Å²) in [7, 11) is 2.38. The van der Waals surface area contributed by atoms with Gasteiger partial charge in [-0.3, -0.25) is 12.7 Å². The van der Waals surface area contributed by atoms with Crippen molar-refractivity contribution in [3.63, 3.8) is 0 Å². The number of hydrogen-bond acceptors (Lipinski definition) is 0. The zero-order valence-electron chi connectivity index (χ0n) is 9.85. The highest BCUT2D eigenvalue weighted by molar-refractivity contribution is 6.54. The Hall–Kier alpha value is -0.715. The summed E-state index contributed by atoms with van der Waals surface area (Å²) in [6, 6.07) is 4.54. The van der Waals surface area contributed by atoms with Crippen molar-refractivity contribution >= 4 is 12.7 Å². The van der Waals surface area contributed by atoms with Crippen LogP contribution in [-0.4, -0.2) is 7.28 Å². The average molecular weight is 187 g/mol. The molecule has 76 valence electrons. The predicted octanol–water partition coefficient (Wildman–Crippen LogP) is 3.16. The van der Waals surface area contributed by atoms with Gasteiger partial charge in [-0.1, -0.05) is 48.6 Å². The maximum absolute atomic E-state index is 2.38. The van der Waals surface area contributed by atoms with E-state index in [1.165, 1.54) is 41.3 Å². The molecule has 0 unspecified atom stereocenters. The highest BCUT2D eigenvalue weighted by atomic mass is 14.0. The van der Waals surface area contributed by atoms with Crippen LogP contribution in [0.1, 0.15) is 36.5 Å². The van der Waals surface area contributed by atoms with E-state index in [0.717, 1.165) is 0 Å². The summed E-state index contributed by atoms with van der Waals surface area (Å²) in [5.41, 5.74) is 5.65. The molecule has 0 aliphatic carbocycles. The molecule has 0 bridgehead atoms. The fourth-order valence-electron chi connectivity index (χ4n) is 1.96. The lowest BCUT2D eigenvalue weighted by molar-refractivity contribution is 0.881. The number of rotatable bonds is 4. The molecule has 0 spiro atoms. The van der Waals surface area contributed by atoms with Crippen molar-refractivity contribution < 1.29 is 0 Å². The summed E-state index contributed by atoms with van der Waals surface area (Å²) in [6.45, 7) is 8.81. The van der Waals surface area contributed by atoms with Crippen LogP contribution in [0.2, 0.25) is 6.32 Å². The predicted molar refractivity (Wildman–Crippen MR) is 65.8 cm³/mol.